The Bertz CT molecular complexity index is 1180. The smallest absolute Gasteiger partial charge is 0.237 e. The molecule has 32 heavy (non-hydrogen) atoms. The van der Waals surface area contributed by atoms with Crippen molar-refractivity contribution in [3.05, 3.63) is 96.3 Å². The van der Waals surface area contributed by atoms with Gasteiger partial charge in [0.15, 0.2) is 11.0 Å². The molecule has 0 aliphatic rings. The van der Waals surface area contributed by atoms with Crippen LogP contribution in [0.5, 0.6) is 0 Å². The highest BCUT2D eigenvalue weighted by molar-refractivity contribution is 7.99. The summed E-state index contributed by atoms with van der Waals surface area (Å²) in [4.78, 5) is 28.7. The molecule has 0 aliphatic heterocycles. The van der Waals surface area contributed by atoms with E-state index in [0.29, 0.717) is 17.5 Å². The van der Waals surface area contributed by atoms with Gasteiger partial charge in [-0.15, -0.1) is 10.2 Å². The average Bonchev–Trinajstić information content (AvgIpc) is 3.22. The zero-order chi connectivity index (χ0) is 22.2. The molecule has 2 aromatic heterocycles. The first-order valence-corrected chi connectivity index (χ1v) is 11.0. The van der Waals surface area contributed by atoms with Gasteiger partial charge >= 0.3 is 0 Å². The van der Waals surface area contributed by atoms with Crippen molar-refractivity contribution in [2.45, 2.75) is 18.1 Å². The zero-order valence-corrected chi connectivity index (χ0v) is 18.0. The van der Waals surface area contributed by atoms with Gasteiger partial charge in [0.1, 0.15) is 0 Å². The molecule has 7 nitrogen and oxygen atoms in total. The van der Waals surface area contributed by atoms with Crippen molar-refractivity contribution in [3.8, 4) is 11.4 Å². The van der Waals surface area contributed by atoms with Crippen LogP contribution in [0.4, 0.5) is 0 Å². The molecule has 0 atom stereocenters. The Hall–Kier alpha value is -3.78. The SMILES string of the molecule is O=C(CSc1nnc(-c2cccnc2)n1Cc1ccccc1)NC(=O)Cc1ccccc1. The largest absolute Gasteiger partial charge is 0.297 e. The molecule has 0 aliphatic carbocycles. The molecule has 4 aromatic rings. The second kappa shape index (κ2) is 10.5. The van der Waals surface area contributed by atoms with Crippen LogP contribution in [0.3, 0.4) is 0 Å². The van der Waals surface area contributed by atoms with Crippen molar-refractivity contribution in [3.63, 3.8) is 0 Å². The van der Waals surface area contributed by atoms with Gasteiger partial charge in [-0.3, -0.25) is 24.5 Å². The predicted octanol–water partition coefficient (Wildman–Crippen LogP) is 3.37. The van der Waals surface area contributed by atoms with Crippen LogP contribution in [0.25, 0.3) is 11.4 Å². The van der Waals surface area contributed by atoms with Gasteiger partial charge < -0.3 is 0 Å². The van der Waals surface area contributed by atoms with Crippen LogP contribution < -0.4 is 5.32 Å². The predicted molar refractivity (Wildman–Crippen MR) is 123 cm³/mol. The average molecular weight is 444 g/mol. The first-order valence-electron chi connectivity index (χ1n) is 10.1. The molecule has 4 rings (SSSR count). The normalized spacial score (nSPS) is 10.6. The summed E-state index contributed by atoms with van der Waals surface area (Å²) in [5.41, 5.74) is 2.78. The summed E-state index contributed by atoms with van der Waals surface area (Å²) in [6.45, 7) is 0.551. The number of carbonyl (C=O) groups is 2. The lowest BCUT2D eigenvalue weighted by Crippen LogP contribution is -2.33. The summed E-state index contributed by atoms with van der Waals surface area (Å²) >= 11 is 1.24. The maximum Gasteiger partial charge on any atom is 0.237 e. The van der Waals surface area contributed by atoms with Crippen LogP contribution in [0, 0.1) is 0 Å². The second-order valence-electron chi connectivity index (χ2n) is 7.04. The van der Waals surface area contributed by atoms with Gasteiger partial charge in [-0.25, -0.2) is 0 Å². The van der Waals surface area contributed by atoms with Crippen molar-refractivity contribution in [1.82, 2.24) is 25.1 Å². The van der Waals surface area contributed by atoms with E-state index < -0.39 is 0 Å². The second-order valence-corrected chi connectivity index (χ2v) is 7.98. The van der Waals surface area contributed by atoms with E-state index in [-0.39, 0.29) is 24.0 Å². The number of thioether (sulfide) groups is 1. The molecule has 2 aromatic carbocycles. The lowest BCUT2D eigenvalue weighted by molar-refractivity contribution is -0.128. The third kappa shape index (κ3) is 5.67. The van der Waals surface area contributed by atoms with Crippen molar-refractivity contribution >= 4 is 23.6 Å². The Labute approximate surface area is 189 Å². The highest BCUT2D eigenvalue weighted by Crippen LogP contribution is 2.24. The van der Waals surface area contributed by atoms with Crippen molar-refractivity contribution in [2.24, 2.45) is 0 Å². The van der Waals surface area contributed by atoms with Crippen molar-refractivity contribution < 1.29 is 9.59 Å². The highest BCUT2D eigenvalue weighted by Gasteiger charge is 2.17. The molecule has 0 saturated heterocycles. The maximum atomic E-state index is 12.3. The summed E-state index contributed by atoms with van der Waals surface area (Å²) in [7, 11) is 0. The Morgan fingerprint density at radius 1 is 0.844 bits per heavy atom. The zero-order valence-electron chi connectivity index (χ0n) is 17.2. The number of nitrogens with one attached hydrogen (secondary N) is 1. The first-order chi connectivity index (χ1) is 15.7. The van der Waals surface area contributed by atoms with Crippen LogP contribution in [0.15, 0.2) is 90.3 Å². The summed E-state index contributed by atoms with van der Waals surface area (Å²) < 4.78 is 1.95. The number of hydrogen-bond acceptors (Lipinski definition) is 6. The fourth-order valence-corrected chi connectivity index (χ4v) is 3.90. The molecule has 0 radical (unpaired) electrons. The van der Waals surface area contributed by atoms with Crippen LogP contribution >= 0.6 is 11.8 Å². The first kappa shape index (κ1) is 21.5. The van der Waals surface area contributed by atoms with Gasteiger partial charge in [0.05, 0.1) is 18.7 Å². The van der Waals surface area contributed by atoms with E-state index in [1.165, 1.54) is 11.8 Å². The summed E-state index contributed by atoms with van der Waals surface area (Å²) in [5, 5.41) is 11.7. The van der Waals surface area contributed by atoms with Gasteiger partial charge in [0.25, 0.3) is 0 Å². The van der Waals surface area contributed by atoms with Gasteiger partial charge in [-0.1, -0.05) is 72.4 Å². The quantitative estimate of drug-likeness (QED) is 0.420. The van der Waals surface area contributed by atoms with Crippen LogP contribution in [-0.2, 0) is 22.6 Å². The maximum absolute atomic E-state index is 12.3. The third-order valence-electron chi connectivity index (χ3n) is 4.64. The minimum absolute atomic E-state index is 0.0560. The Balaban J connectivity index is 1.45. The Kier molecular flexibility index (Phi) is 7.04. The van der Waals surface area contributed by atoms with Gasteiger partial charge in [-0.2, -0.15) is 0 Å². The van der Waals surface area contributed by atoms with E-state index in [0.717, 1.165) is 16.7 Å². The number of rotatable bonds is 8. The van der Waals surface area contributed by atoms with E-state index in [1.807, 2.05) is 77.4 Å². The summed E-state index contributed by atoms with van der Waals surface area (Å²) in [6, 6.07) is 23.0. The topological polar surface area (TPSA) is 89.8 Å². The fraction of sp³-hybridized carbons (Fsp3) is 0.125. The molecule has 0 unspecified atom stereocenters. The molecule has 0 bridgehead atoms. The number of nitrogens with zero attached hydrogens (tertiary/aromatic N) is 4. The van der Waals surface area contributed by atoms with Gasteiger partial charge in [0, 0.05) is 18.0 Å². The van der Waals surface area contributed by atoms with E-state index in [4.69, 9.17) is 0 Å². The monoisotopic (exact) mass is 443 g/mol. The van der Waals surface area contributed by atoms with Crippen LogP contribution in [-0.4, -0.2) is 37.3 Å². The number of aromatic nitrogens is 4. The molecular formula is C24H21N5O2S. The van der Waals surface area contributed by atoms with E-state index >= 15 is 0 Å². The molecule has 2 heterocycles. The van der Waals surface area contributed by atoms with Gasteiger partial charge in [0.2, 0.25) is 11.8 Å². The lowest BCUT2D eigenvalue weighted by Gasteiger charge is -2.10. The molecule has 0 spiro atoms. The molecule has 0 fully saturated rings. The summed E-state index contributed by atoms with van der Waals surface area (Å²) in [5.74, 6) is 0.0299. The van der Waals surface area contributed by atoms with Crippen molar-refractivity contribution in [1.29, 1.82) is 0 Å². The number of amides is 2. The van der Waals surface area contributed by atoms with E-state index in [2.05, 4.69) is 20.5 Å². The summed E-state index contributed by atoms with van der Waals surface area (Å²) in [6.07, 6.45) is 3.59. The molecule has 160 valence electrons. The lowest BCUT2D eigenvalue weighted by atomic mass is 10.1. The molecule has 1 N–H and O–H groups in total. The molecule has 0 saturated carbocycles. The third-order valence-corrected chi connectivity index (χ3v) is 5.61. The number of hydrogen-bond donors (Lipinski definition) is 1. The van der Waals surface area contributed by atoms with Crippen LogP contribution in [0.1, 0.15) is 11.1 Å². The fourth-order valence-electron chi connectivity index (χ4n) is 3.16. The highest BCUT2D eigenvalue weighted by atomic mass is 32.2. The minimum Gasteiger partial charge on any atom is -0.297 e. The standard InChI is InChI=1S/C24H21N5O2S/c30-21(14-18-8-3-1-4-9-18)26-22(31)17-32-24-28-27-23(20-12-7-13-25-15-20)29(24)16-19-10-5-2-6-11-19/h1-13,15H,14,16-17H2,(H,26,30,31). The van der Waals surface area contributed by atoms with Gasteiger partial charge in [-0.05, 0) is 23.3 Å². The number of pyridine rings is 1. The Morgan fingerprint density at radius 3 is 2.25 bits per heavy atom. The van der Waals surface area contributed by atoms with E-state index in [1.54, 1.807) is 12.4 Å². The minimum atomic E-state index is -0.367. The van der Waals surface area contributed by atoms with E-state index in [9.17, 15) is 9.59 Å². The van der Waals surface area contributed by atoms with Crippen molar-refractivity contribution in [2.75, 3.05) is 5.75 Å². The number of benzene rings is 2. The molecule has 2 amide bonds. The molecular weight excluding hydrogens is 422 g/mol. The number of carbonyl (C=O) groups excluding carboxylic acids is 2. The Morgan fingerprint density at radius 2 is 1.56 bits per heavy atom. The van der Waals surface area contributed by atoms with Crippen LogP contribution in [0.2, 0.25) is 0 Å². The molecule has 8 heteroatoms. The number of imide groups is 1.